The van der Waals surface area contributed by atoms with Crippen LogP contribution in [0.2, 0.25) is 0 Å². The van der Waals surface area contributed by atoms with Gasteiger partial charge in [-0.25, -0.2) is 14.4 Å². The summed E-state index contributed by atoms with van der Waals surface area (Å²) in [4.78, 5) is 85.2. The minimum absolute atomic E-state index is 0.0185. The molecule has 0 aliphatic rings. The number of rotatable bonds is 18. The van der Waals surface area contributed by atoms with Gasteiger partial charge in [0.1, 0.15) is 25.6 Å². The Bertz CT molecular complexity index is 3730. The number of carbonyl (C=O) groups excluding carboxylic acids is 4. The van der Waals surface area contributed by atoms with Crippen molar-refractivity contribution in [1.29, 1.82) is 0 Å². The fourth-order valence-electron chi connectivity index (χ4n) is 7.58. The van der Waals surface area contributed by atoms with Crippen LogP contribution in [0.1, 0.15) is 110 Å². The van der Waals surface area contributed by atoms with Gasteiger partial charge in [0.25, 0.3) is 22.7 Å². The smallest absolute Gasteiger partial charge is 0.411 e. The van der Waals surface area contributed by atoms with Crippen LogP contribution in [0.15, 0.2) is 192 Å². The number of aromatic hydroxyl groups is 1. The Hall–Kier alpha value is -11.8. The first-order valence-corrected chi connectivity index (χ1v) is 29.8. The zero-order chi connectivity index (χ0) is 71.3. The third kappa shape index (κ3) is 30.7. The number of amides is 3. The number of nitro groups is 4. The standard InChI is InChI=1S/C17H19N3O2.C16H16N2O4.C15H14N2O4.C8H9NO3.C7H5NO4.3C2H6/c1-3-13-11-16(20-18-2)10-9-14(13)12-22-17(21)19-15-7-5-4-6-8-15;1-2-12-10-15(18(20)21)9-8-13(12)11-22-16(19)17-14-6-4-3-5-7-14;1-11-9-14(17(19)20)8-7-12(11)10-21-15(18)16-13-5-3-2-4-6-13;1-6-4-8(9(11)12)3-2-7(6)5-10;9-4-5-1-2-6(8(11)12)3-7(5)10;3*1-2/h4-11H,3,12H2,1-2H3,(H,19,21);3-10H,2,11H2,1H3,(H,17,19);2-9H,10H2,1H3,(H,16,18);2-4,10H,5H2,1H3;1-4,10H;3*1-2H3. The van der Waals surface area contributed by atoms with Gasteiger partial charge in [-0.15, -0.1) is 0 Å². The Balaban J connectivity index is 0.000000593. The molecule has 0 bridgehead atoms. The van der Waals surface area contributed by atoms with Crippen molar-refractivity contribution in [3.8, 4) is 5.75 Å². The van der Waals surface area contributed by atoms with Crippen molar-refractivity contribution in [3.63, 3.8) is 0 Å². The second-order valence-electron chi connectivity index (χ2n) is 18.4. The number of benzene rings is 8. The summed E-state index contributed by atoms with van der Waals surface area (Å²) in [5.74, 6) is -0.376. The van der Waals surface area contributed by atoms with Crippen LogP contribution in [0.25, 0.3) is 0 Å². The third-order valence-corrected chi connectivity index (χ3v) is 12.3. The summed E-state index contributed by atoms with van der Waals surface area (Å²) in [6, 6.07) is 49.5. The van der Waals surface area contributed by atoms with E-state index in [1.165, 1.54) is 42.5 Å². The van der Waals surface area contributed by atoms with Crippen LogP contribution < -0.4 is 16.0 Å². The molecule has 5 N–H and O–H groups in total. The number of nitrogens with one attached hydrogen (secondary N) is 3. The summed E-state index contributed by atoms with van der Waals surface area (Å²) in [5.41, 5.74) is 9.24. The first-order chi connectivity index (χ1) is 45.7. The maximum Gasteiger partial charge on any atom is 0.411 e. The predicted octanol–water partition coefficient (Wildman–Crippen LogP) is 17.9. The third-order valence-electron chi connectivity index (χ3n) is 12.3. The van der Waals surface area contributed by atoms with E-state index in [4.69, 9.17) is 24.4 Å². The van der Waals surface area contributed by atoms with Gasteiger partial charge in [-0.1, -0.05) is 116 Å². The number of nitrogens with zero attached hydrogens (tertiary/aromatic N) is 6. The number of nitro benzene ring substituents is 4. The van der Waals surface area contributed by atoms with Gasteiger partial charge in [0.2, 0.25) is 0 Å². The molecule has 0 saturated heterocycles. The minimum Gasteiger partial charge on any atom is -0.507 e. The first-order valence-electron chi connectivity index (χ1n) is 29.8. The van der Waals surface area contributed by atoms with E-state index in [1.54, 1.807) is 87.6 Å². The van der Waals surface area contributed by atoms with Crippen molar-refractivity contribution in [2.75, 3.05) is 23.0 Å². The Kier molecular flexibility index (Phi) is 39.6. The summed E-state index contributed by atoms with van der Waals surface area (Å²) < 4.78 is 15.5. The lowest BCUT2D eigenvalue weighted by Crippen LogP contribution is -2.14. The summed E-state index contributed by atoms with van der Waals surface area (Å²) in [6.07, 6.45) is 0.294. The van der Waals surface area contributed by atoms with E-state index in [-0.39, 0.29) is 60.5 Å². The highest BCUT2D eigenvalue weighted by atomic mass is 16.6. The highest BCUT2D eigenvalue weighted by Gasteiger charge is 2.14. The first kappa shape index (κ1) is 81.2. The van der Waals surface area contributed by atoms with Gasteiger partial charge < -0.3 is 24.4 Å². The summed E-state index contributed by atoms with van der Waals surface area (Å²) in [6.45, 7) is 19.7. The van der Waals surface area contributed by atoms with Crippen molar-refractivity contribution in [2.45, 2.75) is 109 Å². The Morgan fingerprint density at radius 1 is 0.453 bits per heavy atom. The fourth-order valence-corrected chi connectivity index (χ4v) is 7.58. The lowest BCUT2D eigenvalue weighted by atomic mass is 10.1. The molecular formula is C69H81N9O17. The molecule has 0 fully saturated rings. The molecule has 8 aromatic rings. The molecule has 26 heteroatoms. The largest absolute Gasteiger partial charge is 0.507 e. The lowest BCUT2D eigenvalue weighted by Gasteiger charge is -2.10. The minimum atomic E-state index is -0.645. The van der Waals surface area contributed by atoms with Crippen LogP contribution >= 0.6 is 0 Å². The molecule has 0 heterocycles. The topological polar surface area (TPSA) is 370 Å². The van der Waals surface area contributed by atoms with Crippen LogP contribution in [0.4, 0.5) is 59.9 Å². The van der Waals surface area contributed by atoms with Gasteiger partial charge in [0.15, 0.2) is 6.29 Å². The van der Waals surface area contributed by atoms with Crippen LogP contribution in [-0.2, 0) is 53.5 Å². The molecule has 0 radical (unpaired) electrons. The van der Waals surface area contributed by atoms with Crippen molar-refractivity contribution >= 4 is 70.1 Å². The van der Waals surface area contributed by atoms with E-state index in [2.05, 4.69) is 33.1 Å². The molecule has 0 aromatic heterocycles. The molecule has 0 saturated carbocycles. The number of phenolic OH excluding ortho intramolecular Hbond substituents is 1. The Morgan fingerprint density at radius 3 is 1.12 bits per heavy atom. The van der Waals surface area contributed by atoms with Gasteiger partial charge in [0, 0.05) is 66.6 Å². The number of aliphatic hydroxyl groups excluding tert-OH is 1. The van der Waals surface area contributed by atoms with Crippen LogP contribution in [0.3, 0.4) is 0 Å². The van der Waals surface area contributed by atoms with E-state index in [0.29, 0.717) is 35.3 Å². The second-order valence-corrected chi connectivity index (χ2v) is 18.4. The molecular weight excluding hydrogens is 1230 g/mol. The Labute approximate surface area is 551 Å². The zero-order valence-corrected chi connectivity index (χ0v) is 54.8. The van der Waals surface area contributed by atoms with Crippen LogP contribution in [0, 0.1) is 54.3 Å². The van der Waals surface area contributed by atoms with Crippen molar-refractivity contribution in [1.82, 2.24) is 0 Å². The Morgan fingerprint density at radius 2 is 0.779 bits per heavy atom. The number of aldehydes is 1. The zero-order valence-electron chi connectivity index (χ0n) is 54.8. The van der Waals surface area contributed by atoms with E-state index in [9.17, 15) is 59.6 Å². The molecule has 0 spiro atoms. The average Bonchev–Trinajstić information content (AvgIpc) is 1.16. The van der Waals surface area contributed by atoms with Crippen molar-refractivity contribution in [3.05, 3.63) is 273 Å². The molecule has 0 aliphatic heterocycles. The maximum atomic E-state index is 11.8. The van der Waals surface area contributed by atoms with Gasteiger partial charge in [-0.2, -0.15) is 10.2 Å². The van der Waals surface area contributed by atoms with Crippen molar-refractivity contribution in [2.24, 2.45) is 10.2 Å². The number of phenols is 1. The highest BCUT2D eigenvalue weighted by molar-refractivity contribution is 5.85. The number of hydrogen-bond acceptors (Lipinski definition) is 19. The number of non-ortho nitro benzene ring substituents is 4. The molecule has 0 atom stereocenters. The van der Waals surface area contributed by atoms with E-state index < -0.39 is 38.0 Å². The number of anilines is 3. The summed E-state index contributed by atoms with van der Waals surface area (Å²) in [5, 5.41) is 75.3. The number of hydrogen-bond donors (Lipinski definition) is 5. The number of aliphatic hydroxyl groups is 1. The SMILES string of the molecule is CC.CC.CC.CCc1cc(N=NC)ccc1COC(=O)Nc1ccccc1.CCc1cc([N+](=O)[O-])ccc1COC(=O)Nc1ccccc1.Cc1cc([N+](=O)[O-])ccc1CO.Cc1cc([N+](=O)[O-])ccc1COC(=O)Nc1ccccc1.O=Cc1ccc([N+](=O)[O-])cc1O. The molecule has 8 rings (SSSR count). The lowest BCUT2D eigenvalue weighted by molar-refractivity contribution is -0.385. The molecule has 504 valence electrons. The average molecular weight is 1310 g/mol. The quantitative estimate of drug-likeness (QED) is 0.0175. The maximum absolute atomic E-state index is 11.8. The fraction of sp³-hybridized carbons (Fsp3) is 0.246. The number of aryl methyl sites for hydroxylation is 4. The number of para-hydroxylation sites is 3. The van der Waals surface area contributed by atoms with Crippen LogP contribution in [-0.4, -0.2) is 61.5 Å². The number of carbonyl (C=O) groups is 4. The predicted molar refractivity (Wildman–Crippen MR) is 365 cm³/mol. The number of azo groups is 1. The monoisotopic (exact) mass is 1310 g/mol. The molecule has 26 nitrogen and oxygen atoms in total. The normalized spacial score (nSPS) is 9.60. The van der Waals surface area contributed by atoms with E-state index in [1.807, 2.05) is 109 Å². The number of ether oxygens (including phenoxy) is 3. The second kappa shape index (κ2) is 46.3. The molecule has 8 aromatic carbocycles. The van der Waals surface area contributed by atoms with Gasteiger partial charge in [-0.3, -0.25) is 61.2 Å². The van der Waals surface area contributed by atoms with Gasteiger partial charge in [-0.05, 0) is 144 Å². The van der Waals surface area contributed by atoms with E-state index >= 15 is 0 Å². The highest BCUT2D eigenvalue weighted by Crippen LogP contribution is 2.24. The van der Waals surface area contributed by atoms with E-state index in [0.717, 1.165) is 63.2 Å². The molecule has 3 amide bonds. The van der Waals surface area contributed by atoms with Gasteiger partial charge in [0.05, 0.1) is 43.6 Å². The van der Waals surface area contributed by atoms with Crippen LogP contribution in [0.5, 0.6) is 5.75 Å². The van der Waals surface area contributed by atoms with Crippen molar-refractivity contribution < 1.29 is 63.3 Å². The molecule has 0 aliphatic carbocycles. The summed E-state index contributed by atoms with van der Waals surface area (Å²) >= 11 is 0. The molecule has 0 unspecified atom stereocenters. The molecule has 95 heavy (non-hydrogen) atoms. The van der Waals surface area contributed by atoms with Gasteiger partial charge >= 0.3 is 18.3 Å². The summed E-state index contributed by atoms with van der Waals surface area (Å²) in [7, 11) is 1.64.